The standard InChI is InChI=1S/C19H24ClN7/c1-19(2,3)15-13-27-16(23-15)5-6-17(24-27)25-7-4-8-26(10-9-25)18-21-11-14(20)12-22-18/h5-6,11-13H,4,7-10H2,1-3H3. The third kappa shape index (κ3) is 3.83. The van der Waals surface area contributed by atoms with Gasteiger partial charge in [0.15, 0.2) is 5.65 Å². The van der Waals surface area contributed by atoms with E-state index in [0.29, 0.717) is 5.02 Å². The lowest BCUT2D eigenvalue weighted by Crippen LogP contribution is -2.32. The summed E-state index contributed by atoms with van der Waals surface area (Å²) in [7, 11) is 0. The van der Waals surface area contributed by atoms with Crippen LogP contribution in [0.5, 0.6) is 0 Å². The van der Waals surface area contributed by atoms with E-state index in [0.717, 1.165) is 55.7 Å². The highest BCUT2D eigenvalue weighted by Gasteiger charge is 2.20. The summed E-state index contributed by atoms with van der Waals surface area (Å²) in [6, 6.07) is 4.10. The molecule has 3 aromatic heterocycles. The molecule has 0 aliphatic carbocycles. The first-order valence-corrected chi connectivity index (χ1v) is 9.62. The SMILES string of the molecule is CC(C)(C)c1cn2nc(N3CCCN(c4ncc(Cl)cn4)CC3)ccc2n1. The minimum Gasteiger partial charge on any atom is -0.353 e. The molecule has 0 radical (unpaired) electrons. The molecule has 1 saturated heterocycles. The van der Waals surface area contributed by atoms with Crippen LogP contribution in [-0.4, -0.2) is 50.7 Å². The topological polar surface area (TPSA) is 62.5 Å². The molecule has 0 saturated carbocycles. The summed E-state index contributed by atoms with van der Waals surface area (Å²) in [5.41, 5.74) is 1.94. The lowest BCUT2D eigenvalue weighted by Gasteiger charge is -2.22. The maximum Gasteiger partial charge on any atom is 0.225 e. The molecule has 142 valence electrons. The van der Waals surface area contributed by atoms with Gasteiger partial charge in [-0.25, -0.2) is 19.5 Å². The van der Waals surface area contributed by atoms with Crippen LogP contribution < -0.4 is 9.80 Å². The van der Waals surface area contributed by atoms with E-state index in [1.165, 1.54) is 0 Å². The summed E-state index contributed by atoms with van der Waals surface area (Å²) in [5.74, 6) is 1.70. The Morgan fingerprint density at radius 3 is 2.41 bits per heavy atom. The Labute approximate surface area is 164 Å². The van der Waals surface area contributed by atoms with Crippen LogP contribution in [0.25, 0.3) is 5.65 Å². The van der Waals surface area contributed by atoms with E-state index < -0.39 is 0 Å². The van der Waals surface area contributed by atoms with E-state index in [-0.39, 0.29) is 5.41 Å². The monoisotopic (exact) mass is 385 g/mol. The molecule has 1 fully saturated rings. The number of fused-ring (bicyclic) bond motifs is 1. The molecule has 27 heavy (non-hydrogen) atoms. The molecule has 0 N–H and O–H groups in total. The van der Waals surface area contributed by atoms with Gasteiger partial charge >= 0.3 is 0 Å². The average Bonchev–Trinajstić information content (AvgIpc) is 2.92. The fraction of sp³-hybridized carbons (Fsp3) is 0.474. The average molecular weight is 386 g/mol. The fourth-order valence-electron chi connectivity index (χ4n) is 3.22. The molecule has 0 aromatic carbocycles. The third-order valence-corrected chi connectivity index (χ3v) is 4.98. The van der Waals surface area contributed by atoms with Crippen molar-refractivity contribution in [2.24, 2.45) is 0 Å². The van der Waals surface area contributed by atoms with E-state index in [1.54, 1.807) is 12.4 Å². The summed E-state index contributed by atoms with van der Waals surface area (Å²) in [4.78, 5) is 17.9. The van der Waals surface area contributed by atoms with E-state index in [2.05, 4.69) is 46.6 Å². The molecule has 4 heterocycles. The molecule has 1 aliphatic rings. The first-order chi connectivity index (χ1) is 12.9. The number of nitrogens with zero attached hydrogens (tertiary/aromatic N) is 7. The van der Waals surface area contributed by atoms with Gasteiger partial charge in [0.1, 0.15) is 5.82 Å². The Bertz CT molecular complexity index is 929. The highest BCUT2D eigenvalue weighted by molar-refractivity contribution is 6.30. The van der Waals surface area contributed by atoms with Crippen LogP contribution in [0.3, 0.4) is 0 Å². The molecule has 1 aliphatic heterocycles. The fourth-order valence-corrected chi connectivity index (χ4v) is 3.31. The van der Waals surface area contributed by atoms with Gasteiger partial charge < -0.3 is 9.80 Å². The number of anilines is 2. The Kier molecular flexibility index (Phi) is 4.63. The zero-order chi connectivity index (χ0) is 19.0. The minimum absolute atomic E-state index is 0.00947. The van der Waals surface area contributed by atoms with E-state index in [9.17, 15) is 0 Å². The van der Waals surface area contributed by atoms with Gasteiger partial charge in [-0.05, 0) is 18.6 Å². The summed E-state index contributed by atoms with van der Waals surface area (Å²) in [6.45, 7) is 10.1. The van der Waals surface area contributed by atoms with Crippen molar-refractivity contribution in [3.63, 3.8) is 0 Å². The molecule has 0 unspecified atom stereocenters. The van der Waals surface area contributed by atoms with Crippen LogP contribution >= 0.6 is 11.6 Å². The summed E-state index contributed by atoms with van der Waals surface area (Å²) < 4.78 is 1.89. The highest BCUT2D eigenvalue weighted by Crippen LogP contribution is 2.23. The number of halogens is 1. The number of hydrogen-bond donors (Lipinski definition) is 0. The maximum absolute atomic E-state index is 5.90. The number of hydrogen-bond acceptors (Lipinski definition) is 6. The molecule has 0 atom stereocenters. The Morgan fingerprint density at radius 2 is 1.67 bits per heavy atom. The maximum atomic E-state index is 5.90. The highest BCUT2D eigenvalue weighted by atomic mass is 35.5. The zero-order valence-corrected chi connectivity index (χ0v) is 16.7. The van der Waals surface area contributed by atoms with Gasteiger partial charge in [0.2, 0.25) is 5.95 Å². The van der Waals surface area contributed by atoms with Gasteiger partial charge in [-0.3, -0.25) is 0 Å². The smallest absolute Gasteiger partial charge is 0.225 e. The molecular weight excluding hydrogens is 362 g/mol. The van der Waals surface area contributed by atoms with Crippen molar-refractivity contribution in [2.75, 3.05) is 36.0 Å². The lowest BCUT2D eigenvalue weighted by molar-refractivity contribution is 0.572. The van der Waals surface area contributed by atoms with Crippen molar-refractivity contribution in [2.45, 2.75) is 32.6 Å². The largest absolute Gasteiger partial charge is 0.353 e. The molecule has 0 spiro atoms. The van der Waals surface area contributed by atoms with Crippen molar-refractivity contribution in [3.8, 4) is 0 Å². The quantitative estimate of drug-likeness (QED) is 0.675. The van der Waals surface area contributed by atoms with Gasteiger partial charge in [0.05, 0.1) is 29.3 Å². The predicted octanol–water partition coefficient (Wildman–Crippen LogP) is 3.19. The molecule has 0 amide bonds. The van der Waals surface area contributed by atoms with Gasteiger partial charge in [-0.15, -0.1) is 5.10 Å². The predicted molar refractivity (Wildman–Crippen MR) is 108 cm³/mol. The van der Waals surface area contributed by atoms with Crippen LogP contribution in [-0.2, 0) is 5.41 Å². The first-order valence-electron chi connectivity index (χ1n) is 9.24. The van der Waals surface area contributed by atoms with Gasteiger partial charge in [0.25, 0.3) is 0 Å². The van der Waals surface area contributed by atoms with Crippen LogP contribution in [0.2, 0.25) is 5.02 Å². The number of imidazole rings is 1. The van der Waals surface area contributed by atoms with Gasteiger partial charge in [-0.2, -0.15) is 0 Å². The second kappa shape index (κ2) is 6.96. The van der Waals surface area contributed by atoms with Crippen molar-refractivity contribution >= 4 is 29.0 Å². The second-order valence-corrected chi connectivity index (χ2v) is 8.34. The second-order valence-electron chi connectivity index (χ2n) is 7.90. The van der Waals surface area contributed by atoms with Crippen molar-refractivity contribution in [1.82, 2.24) is 24.6 Å². The summed E-state index contributed by atoms with van der Waals surface area (Å²) in [5, 5.41) is 5.35. The van der Waals surface area contributed by atoms with E-state index >= 15 is 0 Å². The molecule has 0 bridgehead atoms. The Morgan fingerprint density at radius 1 is 0.963 bits per heavy atom. The molecule has 4 rings (SSSR count). The normalized spacial score (nSPS) is 16.0. The van der Waals surface area contributed by atoms with Crippen LogP contribution in [0.15, 0.2) is 30.7 Å². The number of rotatable bonds is 2. The van der Waals surface area contributed by atoms with Crippen LogP contribution in [0.4, 0.5) is 11.8 Å². The lowest BCUT2D eigenvalue weighted by atomic mass is 9.93. The van der Waals surface area contributed by atoms with E-state index in [1.807, 2.05) is 16.8 Å². The zero-order valence-electron chi connectivity index (χ0n) is 15.9. The van der Waals surface area contributed by atoms with E-state index in [4.69, 9.17) is 21.7 Å². The third-order valence-electron chi connectivity index (χ3n) is 4.78. The Hall–Kier alpha value is -2.41. The number of aromatic nitrogens is 5. The molecule has 8 heteroatoms. The van der Waals surface area contributed by atoms with Crippen LogP contribution in [0, 0.1) is 0 Å². The molecular formula is C19H24ClN7. The van der Waals surface area contributed by atoms with Crippen molar-refractivity contribution in [1.29, 1.82) is 0 Å². The van der Waals surface area contributed by atoms with Crippen LogP contribution in [0.1, 0.15) is 32.9 Å². The van der Waals surface area contributed by atoms with Crippen molar-refractivity contribution < 1.29 is 0 Å². The molecule has 3 aromatic rings. The van der Waals surface area contributed by atoms with Crippen molar-refractivity contribution in [3.05, 3.63) is 41.4 Å². The minimum atomic E-state index is 0.00947. The first kappa shape index (κ1) is 18.0. The molecule has 7 nitrogen and oxygen atoms in total. The van der Waals surface area contributed by atoms with Gasteiger partial charge in [-0.1, -0.05) is 32.4 Å². The summed E-state index contributed by atoms with van der Waals surface area (Å²) in [6.07, 6.45) is 6.34. The summed E-state index contributed by atoms with van der Waals surface area (Å²) >= 11 is 5.90. The van der Waals surface area contributed by atoms with Gasteiger partial charge in [0, 0.05) is 31.6 Å². The Balaban J connectivity index is 1.52.